The molecule has 0 radical (unpaired) electrons. The van der Waals surface area contributed by atoms with E-state index in [1.54, 1.807) is 6.08 Å². The molecule has 0 aliphatic rings. The van der Waals surface area contributed by atoms with E-state index in [2.05, 4.69) is 49.5 Å². The third-order valence-corrected chi connectivity index (χ3v) is 12.0. The molecule has 3 atom stereocenters. The molecule has 9 heteroatoms. The van der Waals surface area contributed by atoms with Gasteiger partial charge in [0, 0.05) is 6.42 Å². The van der Waals surface area contributed by atoms with Crippen LogP contribution in [0, 0.1) is 0 Å². The molecule has 0 fully saturated rings. The highest BCUT2D eigenvalue weighted by Crippen LogP contribution is 2.38. The van der Waals surface area contributed by atoms with Gasteiger partial charge < -0.3 is 28.8 Å². The summed E-state index contributed by atoms with van der Waals surface area (Å²) in [7, 11) is 1.21. The van der Waals surface area contributed by atoms with Gasteiger partial charge in [0.2, 0.25) is 5.91 Å². The van der Waals surface area contributed by atoms with Gasteiger partial charge >= 0.3 is 0 Å². The highest BCUT2D eigenvalue weighted by molar-refractivity contribution is 7.45. The van der Waals surface area contributed by atoms with Crippen LogP contribution in [0.25, 0.3) is 0 Å². The van der Waals surface area contributed by atoms with Crippen molar-refractivity contribution < 1.29 is 32.9 Å². The largest absolute Gasteiger partial charge is 0.756 e. The number of carbonyl (C=O) groups is 1. The standard InChI is InChI=1S/C51H97N2O6P/c1-6-8-10-12-14-16-18-20-21-22-23-24-25-26-27-28-29-30-31-33-34-36-38-40-42-44-50(54)49(48-59-60(56,57)58-47-46-53(3,4)5)52-51(55)45-43-41-39-37-35-32-19-17-15-13-11-9-7-2/h32,34-36,39,41-42,44,49-50,54H,6-31,33,37-38,40,43,45-48H2,1-5H3,(H-,52,55,56,57)/b35-32-,36-34+,41-39-,44-42+. The van der Waals surface area contributed by atoms with Crippen LogP contribution in [-0.4, -0.2) is 68.5 Å². The lowest BCUT2D eigenvalue weighted by Gasteiger charge is -2.29. The van der Waals surface area contributed by atoms with Crippen molar-refractivity contribution in [1.29, 1.82) is 0 Å². The highest BCUT2D eigenvalue weighted by atomic mass is 31.2. The van der Waals surface area contributed by atoms with Crippen molar-refractivity contribution in [3.8, 4) is 0 Å². The predicted octanol–water partition coefficient (Wildman–Crippen LogP) is 13.8. The summed E-state index contributed by atoms with van der Waals surface area (Å²) in [6.45, 7) is 4.58. The summed E-state index contributed by atoms with van der Waals surface area (Å²) in [5, 5.41) is 13.7. The average molecular weight is 865 g/mol. The SMILES string of the molecule is CCCCCCCC/C=C\C/C=C\CCC(=O)NC(COP(=O)([O-])OCC[N+](C)(C)C)C(O)/C=C/CC/C=C/CCCCCCCCCCCCCCCCCCCCC. The number of hydrogen-bond donors (Lipinski definition) is 2. The zero-order valence-corrected chi connectivity index (χ0v) is 40.8. The second kappa shape index (κ2) is 42.7. The Morgan fingerprint density at radius 3 is 1.45 bits per heavy atom. The van der Waals surface area contributed by atoms with Crippen molar-refractivity contribution in [3.05, 3.63) is 48.6 Å². The van der Waals surface area contributed by atoms with E-state index in [0.29, 0.717) is 17.4 Å². The molecule has 0 saturated carbocycles. The molecule has 0 bridgehead atoms. The molecule has 352 valence electrons. The van der Waals surface area contributed by atoms with Crippen LogP contribution in [0.1, 0.15) is 219 Å². The minimum atomic E-state index is -4.61. The molecule has 2 N–H and O–H groups in total. The molecule has 0 aromatic heterocycles. The Bertz CT molecular complexity index is 1120. The molecule has 1 amide bonds. The highest BCUT2D eigenvalue weighted by Gasteiger charge is 2.23. The van der Waals surface area contributed by atoms with Crippen molar-refractivity contribution in [2.24, 2.45) is 0 Å². The Morgan fingerprint density at radius 2 is 0.983 bits per heavy atom. The van der Waals surface area contributed by atoms with E-state index in [1.165, 1.54) is 161 Å². The molecule has 60 heavy (non-hydrogen) atoms. The average Bonchev–Trinajstić information content (AvgIpc) is 3.20. The molecule has 0 heterocycles. The van der Waals surface area contributed by atoms with Gasteiger partial charge in [0.05, 0.1) is 39.9 Å². The second-order valence-corrected chi connectivity index (χ2v) is 19.6. The number of phosphoric ester groups is 1. The van der Waals surface area contributed by atoms with Gasteiger partial charge in [-0.3, -0.25) is 9.36 Å². The van der Waals surface area contributed by atoms with Gasteiger partial charge in [0.25, 0.3) is 7.82 Å². The fourth-order valence-electron chi connectivity index (χ4n) is 7.04. The van der Waals surface area contributed by atoms with Crippen molar-refractivity contribution in [2.45, 2.75) is 231 Å². The molecule has 3 unspecified atom stereocenters. The molecular formula is C51H97N2O6P. The first-order valence-corrected chi connectivity index (χ1v) is 26.5. The Kier molecular flexibility index (Phi) is 41.6. The van der Waals surface area contributed by atoms with Crippen LogP contribution in [-0.2, 0) is 18.4 Å². The number of phosphoric acid groups is 1. The van der Waals surface area contributed by atoms with Crippen molar-refractivity contribution >= 4 is 13.7 Å². The molecule has 0 aliphatic carbocycles. The fraction of sp³-hybridized carbons (Fsp3) is 0.824. The Morgan fingerprint density at radius 1 is 0.583 bits per heavy atom. The van der Waals surface area contributed by atoms with E-state index in [4.69, 9.17) is 9.05 Å². The predicted molar refractivity (Wildman–Crippen MR) is 256 cm³/mol. The van der Waals surface area contributed by atoms with E-state index in [0.717, 1.165) is 32.1 Å². The van der Waals surface area contributed by atoms with Crippen LogP contribution in [0.3, 0.4) is 0 Å². The van der Waals surface area contributed by atoms with E-state index in [-0.39, 0.29) is 18.9 Å². The Balaban J connectivity index is 4.35. The zero-order valence-electron chi connectivity index (χ0n) is 39.9. The van der Waals surface area contributed by atoms with Gasteiger partial charge in [-0.1, -0.05) is 210 Å². The second-order valence-electron chi connectivity index (χ2n) is 18.2. The number of nitrogens with zero attached hydrogens (tertiary/aromatic N) is 1. The third-order valence-electron chi connectivity index (χ3n) is 11.0. The fourth-order valence-corrected chi connectivity index (χ4v) is 7.77. The van der Waals surface area contributed by atoms with Crippen LogP contribution in [0.15, 0.2) is 48.6 Å². The Hall–Kier alpha value is -1.54. The van der Waals surface area contributed by atoms with E-state index < -0.39 is 26.6 Å². The van der Waals surface area contributed by atoms with Crippen LogP contribution in [0.4, 0.5) is 0 Å². The zero-order chi connectivity index (χ0) is 44.3. The first-order chi connectivity index (χ1) is 29.0. The maximum atomic E-state index is 12.8. The normalized spacial score (nSPS) is 14.6. The smallest absolute Gasteiger partial charge is 0.268 e. The number of unbranched alkanes of at least 4 members (excludes halogenated alkanes) is 26. The molecule has 0 aromatic rings. The molecule has 0 rings (SSSR count). The number of amides is 1. The van der Waals surface area contributed by atoms with Gasteiger partial charge in [-0.25, -0.2) is 0 Å². The molecule has 0 saturated heterocycles. The van der Waals surface area contributed by atoms with Crippen molar-refractivity contribution in [2.75, 3.05) is 40.9 Å². The van der Waals surface area contributed by atoms with Gasteiger partial charge in [-0.15, -0.1) is 0 Å². The Labute approximate surface area is 371 Å². The number of allylic oxidation sites excluding steroid dienone is 7. The molecule has 8 nitrogen and oxygen atoms in total. The lowest BCUT2D eigenvalue weighted by Crippen LogP contribution is -2.45. The summed E-state index contributed by atoms with van der Waals surface area (Å²) in [5.41, 5.74) is 0. The molecule has 0 aliphatic heterocycles. The lowest BCUT2D eigenvalue weighted by atomic mass is 10.0. The first-order valence-electron chi connectivity index (χ1n) is 25.0. The number of quaternary nitrogens is 1. The number of likely N-dealkylation sites (N-methyl/N-ethyl adjacent to an activating group) is 1. The summed E-state index contributed by atoms with van der Waals surface area (Å²) >= 11 is 0. The quantitative estimate of drug-likeness (QED) is 0.0273. The lowest BCUT2D eigenvalue weighted by molar-refractivity contribution is -0.870. The van der Waals surface area contributed by atoms with E-state index in [9.17, 15) is 19.4 Å². The molecule has 0 aromatic carbocycles. The minimum absolute atomic E-state index is 0.0165. The summed E-state index contributed by atoms with van der Waals surface area (Å²) < 4.78 is 23.2. The molecule has 0 spiro atoms. The van der Waals surface area contributed by atoms with Crippen LogP contribution < -0.4 is 10.2 Å². The summed E-state index contributed by atoms with van der Waals surface area (Å²) in [5.74, 6) is -0.274. The van der Waals surface area contributed by atoms with Crippen molar-refractivity contribution in [3.63, 3.8) is 0 Å². The summed E-state index contributed by atoms with van der Waals surface area (Å²) in [6.07, 6.45) is 54.9. The van der Waals surface area contributed by atoms with E-state index in [1.807, 2.05) is 33.3 Å². The van der Waals surface area contributed by atoms with Gasteiger partial charge in [-0.05, 0) is 51.4 Å². The maximum Gasteiger partial charge on any atom is 0.268 e. The van der Waals surface area contributed by atoms with Gasteiger partial charge in [0.1, 0.15) is 13.2 Å². The van der Waals surface area contributed by atoms with Gasteiger partial charge in [0.15, 0.2) is 0 Å². The number of rotatable bonds is 45. The van der Waals surface area contributed by atoms with Gasteiger partial charge in [-0.2, -0.15) is 0 Å². The minimum Gasteiger partial charge on any atom is -0.756 e. The first kappa shape index (κ1) is 58.5. The monoisotopic (exact) mass is 865 g/mol. The van der Waals surface area contributed by atoms with Crippen LogP contribution in [0.2, 0.25) is 0 Å². The maximum absolute atomic E-state index is 12.8. The third kappa shape index (κ3) is 44.5. The van der Waals surface area contributed by atoms with Crippen molar-refractivity contribution in [1.82, 2.24) is 5.32 Å². The number of aliphatic hydroxyl groups is 1. The van der Waals surface area contributed by atoms with Crippen LogP contribution >= 0.6 is 7.82 Å². The van der Waals surface area contributed by atoms with Crippen LogP contribution in [0.5, 0.6) is 0 Å². The number of aliphatic hydroxyl groups excluding tert-OH is 1. The van der Waals surface area contributed by atoms with E-state index >= 15 is 0 Å². The topological polar surface area (TPSA) is 108 Å². The number of hydrogen-bond acceptors (Lipinski definition) is 6. The molecular weight excluding hydrogens is 768 g/mol. The number of carbonyl (C=O) groups excluding carboxylic acids is 1. The summed E-state index contributed by atoms with van der Waals surface area (Å²) in [6, 6.07) is -0.933. The number of nitrogens with one attached hydrogen (secondary N) is 1. The summed E-state index contributed by atoms with van der Waals surface area (Å²) in [4.78, 5) is 25.3.